The molecule has 0 N–H and O–H groups in total. The van der Waals surface area contributed by atoms with Crippen LogP contribution in [-0.4, -0.2) is 38.9 Å². The van der Waals surface area contributed by atoms with E-state index in [1.165, 1.54) is 19.2 Å². The Hall–Kier alpha value is -1.40. The monoisotopic (exact) mass is 271 g/mol. The lowest BCUT2D eigenvalue weighted by atomic mass is 10.2. The molecule has 0 saturated heterocycles. The lowest BCUT2D eigenvalue weighted by molar-refractivity contribution is -0.140. The number of aryl methyl sites for hydroxylation is 1. The molecule has 0 aromatic heterocycles. The summed E-state index contributed by atoms with van der Waals surface area (Å²) in [5, 5.41) is 0. The lowest BCUT2D eigenvalue weighted by Crippen LogP contribution is -2.36. The minimum Gasteiger partial charge on any atom is -0.468 e. The van der Waals surface area contributed by atoms with Crippen LogP contribution in [0.4, 0.5) is 0 Å². The van der Waals surface area contributed by atoms with Crippen molar-refractivity contribution in [2.24, 2.45) is 0 Å². The molecule has 18 heavy (non-hydrogen) atoms. The topological polar surface area (TPSA) is 63.7 Å². The van der Waals surface area contributed by atoms with Gasteiger partial charge < -0.3 is 4.74 Å². The van der Waals surface area contributed by atoms with Crippen LogP contribution in [0.5, 0.6) is 0 Å². The Labute approximate surface area is 107 Å². The van der Waals surface area contributed by atoms with Crippen molar-refractivity contribution >= 4 is 16.0 Å². The van der Waals surface area contributed by atoms with Crippen molar-refractivity contribution in [2.75, 3.05) is 20.2 Å². The number of likely N-dealkylation sites (N-methyl/N-ethyl adjacent to an activating group) is 1. The molecule has 0 aliphatic carbocycles. The second-order valence-corrected chi connectivity index (χ2v) is 5.76. The van der Waals surface area contributed by atoms with Gasteiger partial charge in [-0.15, -0.1) is 0 Å². The summed E-state index contributed by atoms with van der Waals surface area (Å²) in [7, 11) is -2.41. The first-order valence-electron chi connectivity index (χ1n) is 5.55. The van der Waals surface area contributed by atoms with Crippen LogP contribution in [0.25, 0.3) is 0 Å². The van der Waals surface area contributed by atoms with Crippen LogP contribution in [0.15, 0.2) is 29.2 Å². The van der Waals surface area contributed by atoms with Crippen molar-refractivity contribution in [2.45, 2.75) is 18.7 Å². The Morgan fingerprint density at radius 3 is 2.28 bits per heavy atom. The Bertz CT molecular complexity index is 507. The summed E-state index contributed by atoms with van der Waals surface area (Å²) < 4.78 is 30.1. The number of esters is 1. The number of benzene rings is 1. The van der Waals surface area contributed by atoms with Gasteiger partial charge in [0.05, 0.1) is 12.0 Å². The largest absolute Gasteiger partial charge is 0.468 e. The molecule has 0 heterocycles. The number of nitrogens with zero attached hydrogens (tertiary/aromatic N) is 1. The average Bonchev–Trinajstić information content (AvgIpc) is 2.35. The number of hydrogen-bond acceptors (Lipinski definition) is 4. The Morgan fingerprint density at radius 1 is 1.28 bits per heavy atom. The van der Waals surface area contributed by atoms with Gasteiger partial charge in [-0.25, -0.2) is 8.42 Å². The van der Waals surface area contributed by atoms with Crippen LogP contribution in [0.2, 0.25) is 0 Å². The molecule has 0 bridgehead atoms. The number of rotatable bonds is 5. The van der Waals surface area contributed by atoms with Crippen molar-refractivity contribution in [1.82, 2.24) is 4.31 Å². The van der Waals surface area contributed by atoms with Crippen LogP contribution in [0, 0.1) is 6.92 Å². The molecule has 1 aromatic carbocycles. The molecule has 0 fully saturated rings. The predicted molar refractivity (Wildman–Crippen MR) is 67.6 cm³/mol. The molecule has 1 rings (SSSR count). The van der Waals surface area contributed by atoms with E-state index < -0.39 is 16.0 Å². The Balaban J connectivity index is 3.03. The van der Waals surface area contributed by atoms with E-state index in [1.54, 1.807) is 19.1 Å². The number of ether oxygens (including phenoxy) is 1. The molecule has 0 atom stereocenters. The van der Waals surface area contributed by atoms with E-state index in [2.05, 4.69) is 4.74 Å². The first kappa shape index (κ1) is 14.7. The van der Waals surface area contributed by atoms with Crippen molar-refractivity contribution in [3.05, 3.63) is 29.8 Å². The molecule has 1 aromatic rings. The molecule has 0 aliphatic heterocycles. The third kappa shape index (κ3) is 3.30. The molecule has 0 radical (unpaired) electrons. The first-order valence-corrected chi connectivity index (χ1v) is 6.99. The van der Waals surface area contributed by atoms with Crippen molar-refractivity contribution < 1.29 is 17.9 Å². The highest BCUT2D eigenvalue weighted by Gasteiger charge is 2.25. The number of hydrogen-bond donors (Lipinski definition) is 0. The Morgan fingerprint density at radius 2 is 1.83 bits per heavy atom. The summed E-state index contributed by atoms with van der Waals surface area (Å²) in [6, 6.07) is 6.51. The summed E-state index contributed by atoms with van der Waals surface area (Å²) in [6.07, 6.45) is 0. The lowest BCUT2D eigenvalue weighted by Gasteiger charge is -2.19. The maximum Gasteiger partial charge on any atom is 0.321 e. The Kier molecular flexibility index (Phi) is 4.86. The fourth-order valence-corrected chi connectivity index (χ4v) is 2.83. The summed E-state index contributed by atoms with van der Waals surface area (Å²) in [5.74, 6) is -0.576. The van der Waals surface area contributed by atoms with Gasteiger partial charge in [0.15, 0.2) is 0 Å². The highest BCUT2D eigenvalue weighted by Crippen LogP contribution is 2.16. The minimum atomic E-state index is -3.64. The third-order valence-corrected chi connectivity index (χ3v) is 4.48. The molecule has 0 amide bonds. The molecule has 0 spiro atoms. The maximum atomic E-state index is 12.2. The molecule has 0 aliphatic rings. The molecule has 5 nitrogen and oxygen atoms in total. The van der Waals surface area contributed by atoms with Crippen LogP contribution in [0.1, 0.15) is 12.5 Å². The third-order valence-electron chi connectivity index (χ3n) is 2.54. The smallest absolute Gasteiger partial charge is 0.321 e. The van der Waals surface area contributed by atoms with Crippen LogP contribution in [0.3, 0.4) is 0 Å². The maximum absolute atomic E-state index is 12.2. The first-order chi connectivity index (χ1) is 8.41. The molecular weight excluding hydrogens is 254 g/mol. The molecule has 0 saturated carbocycles. The van der Waals surface area contributed by atoms with Crippen molar-refractivity contribution in [3.8, 4) is 0 Å². The average molecular weight is 271 g/mol. The zero-order valence-corrected chi connectivity index (χ0v) is 11.5. The fourth-order valence-electron chi connectivity index (χ4n) is 1.43. The number of carbonyl (C=O) groups is 1. The summed E-state index contributed by atoms with van der Waals surface area (Å²) in [6.45, 7) is 3.49. The summed E-state index contributed by atoms with van der Waals surface area (Å²) in [5.41, 5.74) is 0.977. The van der Waals surface area contributed by atoms with Gasteiger partial charge in [-0.05, 0) is 19.1 Å². The quantitative estimate of drug-likeness (QED) is 0.754. The highest BCUT2D eigenvalue weighted by molar-refractivity contribution is 7.89. The van der Waals surface area contributed by atoms with Gasteiger partial charge in [0.2, 0.25) is 10.0 Å². The SMILES string of the molecule is CCN(CC(=O)OC)S(=O)(=O)c1ccc(C)cc1. The van der Waals surface area contributed by atoms with Gasteiger partial charge in [-0.3, -0.25) is 4.79 Å². The van der Waals surface area contributed by atoms with Gasteiger partial charge in [0, 0.05) is 6.54 Å². The molecular formula is C12H17NO4S. The standard InChI is InChI=1S/C12H17NO4S/c1-4-13(9-12(14)17-3)18(15,16)11-7-5-10(2)6-8-11/h5-8H,4,9H2,1-3H3. The van der Waals surface area contributed by atoms with Crippen molar-refractivity contribution in [1.29, 1.82) is 0 Å². The second-order valence-electron chi connectivity index (χ2n) is 3.82. The zero-order valence-electron chi connectivity index (χ0n) is 10.7. The minimum absolute atomic E-state index is 0.179. The van der Waals surface area contributed by atoms with Gasteiger partial charge in [-0.2, -0.15) is 4.31 Å². The van der Waals surface area contributed by atoms with Gasteiger partial charge in [0.25, 0.3) is 0 Å². The highest BCUT2D eigenvalue weighted by atomic mass is 32.2. The van der Waals surface area contributed by atoms with Gasteiger partial charge in [-0.1, -0.05) is 24.6 Å². The van der Waals surface area contributed by atoms with Gasteiger partial charge in [0.1, 0.15) is 6.54 Å². The van der Waals surface area contributed by atoms with Crippen molar-refractivity contribution in [3.63, 3.8) is 0 Å². The van der Waals surface area contributed by atoms with E-state index in [0.29, 0.717) is 0 Å². The van der Waals surface area contributed by atoms with E-state index in [0.717, 1.165) is 9.87 Å². The number of methoxy groups -OCH3 is 1. The van der Waals surface area contributed by atoms with E-state index in [4.69, 9.17) is 0 Å². The number of carbonyl (C=O) groups excluding carboxylic acids is 1. The fraction of sp³-hybridized carbons (Fsp3) is 0.417. The molecule has 0 unspecified atom stereocenters. The molecule has 100 valence electrons. The summed E-state index contributed by atoms with van der Waals surface area (Å²) >= 11 is 0. The zero-order chi connectivity index (χ0) is 13.8. The summed E-state index contributed by atoms with van der Waals surface area (Å²) in [4.78, 5) is 11.4. The molecule has 6 heteroatoms. The van der Waals surface area contributed by atoms with Crippen LogP contribution >= 0.6 is 0 Å². The second kappa shape index (κ2) is 5.97. The van der Waals surface area contributed by atoms with E-state index in [9.17, 15) is 13.2 Å². The van der Waals surface area contributed by atoms with E-state index >= 15 is 0 Å². The normalized spacial score (nSPS) is 11.6. The van der Waals surface area contributed by atoms with E-state index in [-0.39, 0.29) is 18.0 Å². The van der Waals surface area contributed by atoms with Crippen LogP contribution < -0.4 is 0 Å². The van der Waals surface area contributed by atoms with Gasteiger partial charge >= 0.3 is 5.97 Å². The predicted octanol–water partition coefficient (Wildman–Crippen LogP) is 1.18. The number of sulfonamides is 1. The van der Waals surface area contributed by atoms with E-state index in [1.807, 2.05) is 6.92 Å². The van der Waals surface area contributed by atoms with Crippen LogP contribution in [-0.2, 0) is 19.6 Å².